The lowest BCUT2D eigenvalue weighted by molar-refractivity contribution is -0.150. The van der Waals surface area contributed by atoms with E-state index in [9.17, 15) is 19.5 Å². The summed E-state index contributed by atoms with van der Waals surface area (Å²) in [7, 11) is 0. The van der Waals surface area contributed by atoms with Gasteiger partial charge < -0.3 is 24.5 Å². The van der Waals surface area contributed by atoms with Gasteiger partial charge in [-0.2, -0.15) is 0 Å². The van der Waals surface area contributed by atoms with Gasteiger partial charge in [-0.25, -0.2) is 0 Å². The molecule has 0 radical (unpaired) electrons. The number of carbonyl (C=O) groups is 3. The minimum absolute atomic E-state index is 0.0857. The monoisotopic (exact) mass is 655 g/mol. The molecule has 3 saturated heterocycles. The maximum atomic E-state index is 14.7. The summed E-state index contributed by atoms with van der Waals surface area (Å²) in [4.78, 5) is 48.9. The van der Waals surface area contributed by atoms with Gasteiger partial charge in [-0.15, -0.1) is 13.2 Å². The van der Waals surface area contributed by atoms with Crippen LogP contribution in [0, 0.1) is 11.8 Å². The summed E-state index contributed by atoms with van der Waals surface area (Å²) in [5.41, 5.74) is -0.341. The molecule has 2 bridgehead atoms. The van der Waals surface area contributed by atoms with E-state index in [1.54, 1.807) is 22.0 Å². The van der Waals surface area contributed by atoms with E-state index in [-0.39, 0.29) is 35.2 Å². The summed E-state index contributed by atoms with van der Waals surface area (Å²) < 4.78 is 6.80. The van der Waals surface area contributed by atoms with Crippen LogP contribution in [-0.2, 0) is 19.1 Å². The summed E-state index contributed by atoms with van der Waals surface area (Å²) in [6.45, 7) is 9.11. The molecule has 6 atom stereocenters. The van der Waals surface area contributed by atoms with Crippen LogP contribution in [0.3, 0.4) is 0 Å². The van der Waals surface area contributed by atoms with Crippen LogP contribution < -0.4 is 4.90 Å². The number of likely N-dealkylation sites (tertiary alicyclic amines) is 1. The van der Waals surface area contributed by atoms with E-state index in [4.69, 9.17) is 4.74 Å². The van der Waals surface area contributed by atoms with Crippen molar-refractivity contribution in [3.05, 3.63) is 55.6 Å². The van der Waals surface area contributed by atoms with Crippen molar-refractivity contribution in [3.63, 3.8) is 0 Å². The van der Waals surface area contributed by atoms with Gasteiger partial charge in [0.05, 0.1) is 17.9 Å². The topological polar surface area (TPSA) is 90.4 Å². The van der Waals surface area contributed by atoms with Gasteiger partial charge in [-0.05, 0) is 44.2 Å². The predicted molar refractivity (Wildman–Crippen MR) is 171 cm³/mol. The Labute approximate surface area is 264 Å². The summed E-state index contributed by atoms with van der Waals surface area (Å²) in [5, 5.41) is 9.23. The standard InChI is InChI=1S/C34H46BrN3O5/c1-3-19-36(24-15-9-7-10-16-24)31(40)27-28-32(41)38(21-13-5-6-14-22-39)30(34(28)23-26(35)29(27)43-34)33(42)37(20-4-2)25-17-11-8-12-18-25/h3-4,7,9-10,15-16,25-30,39H,1-2,5-6,8,11-14,17-23H2/t26?,27-,28+,29-,30?,34?/m1/s1. The van der Waals surface area contributed by atoms with Crippen LogP contribution in [0.25, 0.3) is 0 Å². The average molecular weight is 657 g/mol. The van der Waals surface area contributed by atoms with Gasteiger partial charge in [0, 0.05) is 42.8 Å². The number of anilines is 1. The number of carbonyl (C=O) groups excluding carboxylic acids is 3. The highest BCUT2D eigenvalue weighted by molar-refractivity contribution is 9.09. The molecule has 1 spiro atoms. The van der Waals surface area contributed by atoms with Gasteiger partial charge in [0.15, 0.2) is 0 Å². The van der Waals surface area contributed by atoms with E-state index in [0.29, 0.717) is 32.5 Å². The average Bonchev–Trinajstić information content (AvgIpc) is 3.62. The van der Waals surface area contributed by atoms with Gasteiger partial charge in [-0.3, -0.25) is 14.4 Å². The Morgan fingerprint density at radius 1 is 1.02 bits per heavy atom. The molecule has 3 aliphatic heterocycles. The highest BCUT2D eigenvalue weighted by atomic mass is 79.9. The first-order chi connectivity index (χ1) is 20.9. The van der Waals surface area contributed by atoms with Gasteiger partial charge in [-0.1, -0.05) is 78.4 Å². The quantitative estimate of drug-likeness (QED) is 0.176. The molecule has 43 heavy (non-hydrogen) atoms. The number of para-hydroxylation sites is 1. The molecule has 234 valence electrons. The van der Waals surface area contributed by atoms with Gasteiger partial charge in [0.25, 0.3) is 0 Å². The van der Waals surface area contributed by atoms with Crippen molar-refractivity contribution in [1.29, 1.82) is 0 Å². The van der Waals surface area contributed by atoms with Crippen LogP contribution in [0.1, 0.15) is 64.2 Å². The molecule has 5 rings (SSSR count). The molecule has 8 nitrogen and oxygen atoms in total. The van der Waals surface area contributed by atoms with Crippen molar-refractivity contribution in [2.75, 3.05) is 31.1 Å². The highest BCUT2D eigenvalue weighted by Gasteiger charge is 2.77. The largest absolute Gasteiger partial charge is 0.396 e. The number of aliphatic hydroxyl groups excluding tert-OH is 1. The van der Waals surface area contributed by atoms with Crippen molar-refractivity contribution in [2.24, 2.45) is 11.8 Å². The molecular formula is C34H46BrN3O5. The number of alkyl halides is 1. The first-order valence-corrected chi connectivity index (χ1v) is 16.9. The van der Waals surface area contributed by atoms with E-state index in [1.165, 1.54) is 6.42 Å². The number of rotatable bonds is 14. The van der Waals surface area contributed by atoms with Crippen LogP contribution in [-0.4, -0.2) is 87.5 Å². The highest BCUT2D eigenvalue weighted by Crippen LogP contribution is 2.60. The number of ether oxygens (including phenoxy) is 1. The lowest BCUT2D eigenvalue weighted by atomic mass is 9.70. The Kier molecular flexibility index (Phi) is 10.5. The minimum Gasteiger partial charge on any atom is -0.396 e. The molecule has 3 amide bonds. The molecule has 1 aromatic rings. The van der Waals surface area contributed by atoms with Crippen molar-refractivity contribution < 1.29 is 24.2 Å². The third kappa shape index (κ3) is 5.97. The lowest BCUT2D eigenvalue weighted by Gasteiger charge is -2.41. The molecule has 3 heterocycles. The zero-order valence-corrected chi connectivity index (χ0v) is 26.7. The molecule has 0 aromatic heterocycles. The third-order valence-electron chi connectivity index (χ3n) is 9.89. The first-order valence-electron chi connectivity index (χ1n) is 16.0. The molecule has 4 aliphatic rings. The molecule has 4 fully saturated rings. The van der Waals surface area contributed by atoms with Crippen LogP contribution in [0.4, 0.5) is 5.69 Å². The number of hydrogen-bond acceptors (Lipinski definition) is 5. The number of unbranched alkanes of at least 4 members (excludes halogenated alkanes) is 3. The summed E-state index contributed by atoms with van der Waals surface area (Å²) in [5.74, 6) is -1.88. The zero-order valence-electron chi connectivity index (χ0n) is 25.1. The van der Waals surface area contributed by atoms with E-state index < -0.39 is 29.6 Å². The lowest BCUT2D eigenvalue weighted by Crippen LogP contribution is -2.59. The Bertz CT molecular complexity index is 1170. The number of hydrogen-bond donors (Lipinski definition) is 1. The molecule has 1 aromatic carbocycles. The summed E-state index contributed by atoms with van der Waals surface area (Å²) in [6, 6.07) is 8.76. The number of fused-ring (bicyclic) bond motifs is 1. The molecular weight excluding hydrogens is 610 g/mol. The Morgan fingerprint density at radius 3 is 2.40 bits per heavy atom. The number of nitrogens with zero attached hydrogens (tertiary/aromatic N) is 3. The van der Waals surface area contributed by atoms with E-state index in [1.807, 2.05) is 35.2 Å². The van der Waals surface area contributed by atoms with E-state index >= 15 is 0 Å². The summed E-state index contributed by atoms with van der Waals surface area (Å²) in [6.07, 6.45) is 11.8. The van der Waals surface area contributed by atoms with Gasteiger partial charge in [0.1, 0.15) is 11.6 Å². The van der Waals surface area contributed by atoms with Crippen LogP contribution in [0.15, 0.2) is 55.6 Å². The van der Waals surface area contributed by atoms with Crippen molar-refractivity contribution in [1.82, 2.24) is 9.80 Å². The van der Waals surface area contributed by atoms with E-state index in [0.717, 1.165) is 50.6 Å². The Balaban J connectivity index is 1.51. The minimum atomic E-state index is -1.08. The molecule has 1 saturated carbocycles. The van der Waals surface area contributed by atoms with Gasteiger partial charge in [0.2, 0.25) is 17.7 Å². The Hall–Kier alpha value is -2.49. The maximum absolute atomic E-state index is 14.7. The Morgan fingerprint density at radius 2 is 1.72 bits per heavy atom. The normalized spacial score (nSPS) is 29.9. The second kappa shape index (κ2) is 14.1. The van der Waals surface area contributed by atoms with Crippen molar-refractivity contribution >= 4 is 39.3 Å². The zero-order chi connectivity index (χ0) is 30.6. The number of benzene rings is 1. The molecule has 9 heteroatoms. The summed E-state index contributed by atoms with van der Waals surface area (Å²) >= 11 is 3.81. The first kappa shape index (κ1) is 31.9. The van der Waals surface area contributed by atoms with Crippen molar-refractivity contribution in [2.45, 2.75) is 92.8 Å². The van der Waals surface area contributed by atoms with Gasteiger partial charge >= 0.3 is 0 Å². The van der Waals surface area contributed by atoms with Crippen LogP contribution in [0.2, 0.25) is 0 Å². The molecule has 1 aliphatic carbocycles. The molecule has 1 N–H and O–H groups in total. The number of aliphatic hydroxyl groups is 1. The third-order valence-corrected chi connectivity index (χ3v) is 10.7. The molecule has 3 unspecified atom stereocenters. The predicted octanol–water partition coefficient (Wildman–Crippen LogP) is 4.85. The second-order valence-electron chi connectivity index (χ2n) is 12.5. The SMILES string of the molecule is C=CCN(C(=O)[C@H]1[C@@H]2OC3(CC2Br)C(C(=O)N(CC=C)C2CCCCC2)N(CCCCCCO)C(=O)[C@H]13)c1ccccc1. The number of amides is 3. The fourth-order valence-electron chi connectivity index (χ4n) is 8.03. The van der Waals surface area contributed by atoms with Crippen molar-refractivity contribution in [3.8, 4) is 0 Å². The van der Waals surface area contributed by atoms with Crippen LogP contribution in [0.5, 0.6) is 0 Å². The second-order valence-corrected chi connectivity index (χ2v) is 13.7. The smallest absolute Gasteiger partial charge is 0.248 e. The van der Waals surface area contributed by atoms with Crippen LogP contribution >= 0.6 is 15.9 Å². The fraction of sp³-hybridized carbons (Fsp3) is 0.618. The number of halogens is 1. The fourth-order valence-corrected chi connectivity index (χ4v) is 8.97. The van der Waals surface area contributed by atoms with E-state index in [2.05, 4.69) is 29.1 Å². The maximum Gasteiger partial charge on any atom is 0.248 e.